The second kappa shape index (κ2) is 7.25. The van der Waals surface area contributed by atoms with Crippen LogP contribution in [-0.4, -0.2) is 15.8 Å². The second-order valence-electron chi connectivity index (χ2n) is 7.22. The Bertz CT molecular complexity index is 1230. The van der Waals surface area contributed by atoms with Crippen LogP contribution < -0.4 is 5.73 Å². The minimum Gasteiger partial charge on any atom is -0.397 e. The van der Waals surface area contributed by atoms with Crippen LogP contribution in [0.5, 0.6) is 0 Å². The Morgan fingerprint density at radius 3 is 2.52 bits per heavy atom. The summed E-state index contributed by atoms with van der Waals surface area (Å²) in [6.07, 6.45) is 7.79. The summed E-state index contributed by atoms with van der Waals surface area (Å²) < 4.78 is 0. The van der Waals surface area contributed by atoms with Crippen molar-refractivity contribution >= 4 is 44.6 Å². The molecular formula is C23H18ClN3OS. The zero-order chi connectivity index (χ0) is 20.0. The van der Waals surface area contributed by atoms with E-state index in [0.29, 0.717) is 21.2 Å². The van der Waals surface area contributed by atoms with Crippen LogP contribution in [0.1, 0.15) is 39.3 Å². The van der Waals surface area contributed by atoms with Gasteiger partial charge in [-0.15, -0.1) is 11.3 Å². The van der Waals surface area contributed by atoms with Crippen molar-refractivity contribution in [1.29, 1.82) is 0 Å². The molecular weight excluding hydrogens is 402 g/mol. The Hall–Kier alpha value is -2.76. The third-order valence-electron chi connectivity index (χ3n) is 5.44. The van der Waals surface area contributed by atoms with Gasteiger partial charge in [-0.2, -0.15) is 0 Å². The molecule has 6 heteroatoms. The van der Waals surface area contributed by atoms with Crippen molar-refractivity contribution in [3.63, 3.8) is 0 Å². The molecule has 0 spiro atoms. The van der Waals surface area contributed by atoms with Crippen LogP contribution in [0.4, 0.5) is 5.69 Å². The molecule has 5 rings (SSSR count). The largest absolute Gasteiger partial charge is 0.397 e. The number of hydrogen-bond donors (Lipinski definition) is 1. The zero-order valence-electron chi connectivity index (χ0n) is 15.6. The number of rotatable bonds is 3. The molecule has 4 nitrogen and oxygen atoms in total. The predicted molar refractivity (Wildman–Crippen MR) is 119 cm³/mol. The molecule has 0 bridgehead atoms. The van der Waals surface area contributed by atoms with Gasteiger partial charge in [0.2, 0.25) is 5.78 Å². The summed E-state index contributed by atoms with van der Waals surface area (Å²) in [7, 11) is 0. The van der Waals surface area contributed by atoms with E-state index in [-0.39, 0.29) is 5.78 Å². The smallest absolute Gasteiger partial charge is 0.205 e. The van der Waals surface area contributed by atoms with Gasteiger partial charge in [-0.25, -0.2) is 4.98 Å². The van der Waals surface area contributed by atoms with Gasteiger partial charge >= 0.3 is 0 Å². The average molecular weight is 420 g/mol. The fraction of sp³-hybridized carbons (Fsp3) is 0.174. The zero-order valence-corrected chi connectivity index (χ0v) is 17.2. The highest BCUT2D eigenvalue weighted by molar-refractivity contribution is 7.21. The molecule has 1 aliphatic rings. The first-order valence-corrected chi connectivity index (χ1v) is 10.8. The van der Waals surface area contributed by atoms with E-state index < -0.39 is 0 Å². The van der Waals surface area contributed by atoms with Crippen molar-refractivity contribution in [3.05, 3.63) is 75.5 Å². The number of benzene rings is 1. The summed E-state index contributed by atoms with van der Waals surface area (Å²) in [6.45, 7) is 0. The van der Waals surface area contributed by atoms with Gasteiger partial charge in [-0.3, -0.25) is 9.78 Å². The highest BCUT2D eigenvalue weighted by Gasteiger charge is 2.26. The first kappa shape index (κ1) is 18.3. The number of nitrogen functional groups attached to an aromatic ring is 1. The van der Waals surface area contributed by atoms with Crippen molar-refractivity contribution < 1.29 is 4.79 Å². The van der Waals surface area contributed by atoms with Gasteiger partial charge in [0, 0.05) is 34.1 Å². The average Bonchev–Trinajstić information content (AvgIpc) is 3.08. The lowest BCUT2D eigenvalue weighted by Crippen LogP contribution is -2.08. The van der Waals surface area contributed by atoms with E-state index in [9.17, 15) is 4.79 Å². The minimum atomic E-state index is -0.0965. The number of aryl methyl sites for hydroxylation is 1. The highest BCUT2D eigenvalue weighted by Crippen LogP contribution is 2.44. The summed E-state index contributed by atoms with van der Waals surface area (Å²) in [4.78, 5) is 23.6. The second-order valence-corrected chi connectivity index (χ2v) is 8.65. The number of ketones is 1. The molecule has 29 heavy (non-hydrogen) atoms. The SMILES string of the molecule is Nc1c(C(=O)c2ccc(Cl)cc2)sc2nc3c(c(-c4ccncc4)c12)CCCC3. The number of anilines is 1. The maximum Gasteiger partial charge on any atom is 0.205 e. The molecule has 0 aliphatic heterocycles. The Labute approximate surface area is 177 Å². The summed E-state index contributed by atoms with van der Waals surface area (Å²) in [5.41, 5.74) is 12.2. The molecule has 0 amide bonds. The van der Waals surface area contributed by atoms with Gasteiger partial charge in [-0.05, 0) is 78.8 Å². The summed E-state index contributed by atoms with van der Waals surface area (Å²) >= 11 is 7.35. The van der Waals surface area contributed by atoms with Crippen molar-refractivity contribution in [2.24, 2.45) is 0 Å². The molecule has 3 heterocycles. The highest BCUT2D eigenvalue weighted by atomic mass is 35.5. The van der Waals surface area contributed by atoms with E-state index in [1.807, 2.05) is 12.1 Å². The maximum atomic E-state index is 13.2. The number of carbonyl (C=O) groups excluding carboxylic acids is 1. The Morgan fingerprint density at radius 1 is 1.03 bits per heavy atom. The molecule has 1 aromatic carbocycles. The van der Waals surface area contributed by atoms with Crippen molar-refractivity contribution in [2.75, 3.05) is 5.73 Å². The molecule has 0 saturated carbocycles. The number of nitrogens with zero attached hydrogens (tertiary/aromatic N) is 2. The lowest BCUT2D eigenvalue weighted by atomic mass is 9.87. The Morgan fingerprint density at radius 2 is 1.76 bits per heavy atom. The van der Waals surface area contributed by atoms with Gasteiger partial charge in [0.25, 0.3) is 0 Å². The van der Waals surface area contributed by atoms with Crippen LogP contribution in [0.15, 0.2) is 48.8 Å². The number of nitrogens with two attached hydrogens (primary N) is 1. The fourth-order valence-corrected chi connectivity index (χ4v) is 5.26. The third-order valence-corrected chi connectivity index (χ3v) is 6.79. The van der Waals surface area contributed by atoms with E-state index in [0.717, 1.165) is 52.7 Å². The van der Waals surface area contributed by atoms with Crippen LogP contribution in [0.25, 0.3) is 21.3 Å². The van der Waals surface area contributed by atoms with E-state index >= 15 is 0 Å². The third kappa shape index (κ3) is 3.11. The monoisotopic (exact) mass is 419 g/mol. The molecule has 0 atom stereocenters. The van der Waals surface area contributed by atoms with Gasteiger partial charge in [-0.1, -0.05) is 11.6 Å². The molecule has 2 N–H and O–H groups in total. The Kier molecular flexibility index (Phi) is 4.57. The van der Waals surface area contributed by atoms with Crippen LogP contribution in [0.2, 0.25) is 5.02 Å². The van der Waals surface area contributed by atoms with Gasteiger partial charge in [0.1, 0.15) is 9.71 Å². The molecule has 0 fully saturated rings. The van der Waals surface area contributed by atoms with Crippen LogP contribution in [-0.2, 0) is 12.8 Å². The molecule has 3 aromatic heterocycles. The van der Waals surface area contributed by atoms with E-state index in [4.69, 9.17) is 22.3 Å². The van der Waals surface area contributed by atoms with Crippen molar-refractivity contribution in [2.45, 2.75) is 25.7 Å². The predicted octanol–water partition coefficient (Wildman–Crippen LogP) is 5.70. The number of fused-ring (bicyclic) bond motifs is 2. The van der Waals surface area contributed by atoms with Gasteiger partial charge in [0.15, 0.2) is 0 Å². The number of aromatic nitrogens is 2. The number of hydrogen-bond acceptors (Lipinski definition) is 5. The van der Waals surface area contributed by atoms with E-state index in [2.05, 4.69) is 4.98 Å². The maximum absolute atomic E-state index is 13.2. The van der Waals surface area contributed by atoms with Crippen LogP contribution >= 0.6 is 22.9 Å². The van der Waals surface area contributed by atoms with Crippen molar-refractivity contribution in [3.8, 4) is 11.1 Å². The molecule has 0 radical (unpaired) electrons. The first-order valence-electron chi connectivity index (χ1n) is 9.58. The first-order chi connectivity index (χ1) is 14.1. The molecule has 0 unspecified atom stereocenters. The van der Waals surface area contributed by atoms with Gasteiger partial charge in [0.05, 0.1) is 5.69 Å². The lowest BCUT2D eigenvalue weighted by Gasteiger charge is -2.20. The molecule has 1 aliphatic carbocycles. The summed E-state index contributed by atoms with van der Waals surface area (Å²) in [6, 6.07) is 10.9. The number of halogens is 1. The topological polar surface area (TPSA) is 68.9 Å². The number of thiophene rings is 1. The van der Waals surface area contributed by atoms with Gasteiger partial charge < -0.3 is 5.73 Å². The van der Waals surface area contributed by atoms with E-state index in [1.54, 1.807) is 36.7 Å². The summed E-state index contributed by atoms with van der Waals surface area (Å²) in [5, 5.41) is 1.49. The molecule has 4 aromatic rings. The van der Waals surface area contributed by atoms with Crippen LogP contribution in [0, 0.1) is 0 Å². The number of pyridine rings is 2. The van der Waals surface area contributed by atoms with Crippen LogP contribution in [0.3, 0.4) is 0 Å². The molecule has 144 valence electrons. The normalized spacial score (nSPS) is 13.4. The standard InChI is InChI=1S/C23H18ClN3OS/c24-15-7-5-14(6-8-15)21(28)22-20(25)19-18(13-9-11-26-12-10-13)16-3-1-2-4-17(16)27-23(19)29-22/h5-12H,1-4,25H2. The number of carbonyl (C=O) groups is 1. The minimum absolute atomic E-state index is 0.0965. The van der Waals surface area contributed by atoms with E-state index in [1.165, 1.54) is 16.9 Å². The lowest BCUT2D eigenvalue weighted by molar-refractivity contribution is 0.104. The Balaban J connectivity index is 1.76. The molecule has 0 saturated heterocycles. The summed E-state index contributed by atoms with van der Waals surface area (Å²) in [5.74, 6) is -0.0965. The quantitative estimate of drug-likeness (QED) is 0.432. The fourth-order valence-electron chi connectivity index (χ4n) is 4.05. The van der Waals surface area contributed by atoms with Crippen molar-refractivity contribution in [1.82, 2.24) is 9.97 Å².